The average Bonchev–Trinajstić information content (AvgIpc) is 3.59. The molecule has 12 nitrogen and oxygen atoms in total. The lowest BCUT2D eigenvalue weighted by atomic mass is 10.1. The Hall–Kier alpha value is -3.05. The van der Waals surface area contributed by atoms with Gasteiger partial charge in [0.1, 0.15) is 12.2 Å². The molecule has 1 aliphatic heterocycles. The number of fused-ring (bicyclic) bond motifs is 4. The van der Waals surface area contributed by atoms with Gasteiger partial charge in [-0.25, -0.2) is 9.13 Å². The maximum atomic E-state index is 10.0. The third kappa shape index (κ3) is 5.70. The first-order chi connectivity index (χ1) is 19.8. The van der Waals surface area contributed by atoms with Gasteiger partial charge in [0, 0.05) is 25.5 Å². The third-order valence-electron chi connectivity index (χ3n) is 7.13. The SMILES string of the molecule is CCN1Cc2c(c(OCC#N)nn2C(C)CO)/C=C/c2nn(PI)c3cnc(cc23)-c2c(C)nn(C)c2O[C@H](C)C1. The lowest BCUT2D eigenvalue weighted by Crippen LogP contribution is -2.35. The molecule has 0 saturated carbocycles. The predicted molar refractivity (Wildman–Crippen MR) is 167 cm³/mol. The molecule has 2 unspecified atom stereocenters. The number of rotatable bonds is 6. The maximum absolute atomic E-state index is 10.0. The van der Waals surface area contributed by atoms with E-state index < -0.39 is 0 Å². The van der Waals surface area contributed by atoms with Crippen LogP contribution >= 0.6 is 28.4 Å². The van der Waals surface area contributed by atoms with Crippen molar-refractivity contribution in [3.05, 3.63) is 34.9 Å². The molecule has 41 heavy (non-hydrogen) atoms. The fourth-order valence-electron chi connectivity index (χ4n) is 5.13. The normalized spacial score (nSPS) is 17.6. The molecule has 0 aromatic carbocycles. The Balaban J connectivity index is 1.77. The highest BCUT2D eigenvalue weighted by atomic mass is 127. The van der Waals surface area contributed by atoms with Gasteiger partial charge in [0.15, 0.2) is 6.61 Å². The zero-order valence-corrected chi connectivity index (χ0v) is 26.8. The molecule has 14 heteroatoms. The van der Waals surface area contributed by atoms with Crippen LogP contribution in [-0.4, -0.2) is 76.5 Å². The molecule has 4 aromatic rings. The van der Waals surface area contributed by atoms with Crippen LogP contribution in [0.25, 0.3) is 34.3 Å². The van der Waals surface area contributed by atoms with Gasteiger partial charge < -0.3 is 14.6 Å². The lowest BCUT2D eigenvalue weighted by molar-refractivity contribution is 0.132. The van der Waals surface area contributed by atoms with Crippen molar-refractivity contribution in [2.45, 2.75) is 46.4 Å². The highest BCUT2D eigenvalue weighted by Crippen LogP contribution is 2.37. The van der Waals surface area contributed by atoms with E-state index in [1.165, 1.54) is 0 Å². The maximum Gasteiger partial charge on any atom is 0.241 e. The van der Waals surface area contributed by atoms with E-state index in [0.717, 1.165) is 51.4 Å². The van der Waals surface area contributed by atoms with Gasteiger partial charge in [-0.15, -0.1) is 5.10 Å². The molecule has 5 heterocycles. The van der Waals surface area contributed by atoms with Crippen LogP contribution in [0, 0.1) is 18.3 Å². The second kappa shape index (κ2) is 12.4. The molecule has 0 saturated heterocycles. The summed E-state index contributed by atoms with van der Waals surface area (Å²) in [6.45, 7) is 9.70. The Labute approximate surface area is 253 Å². The number of hydrogen-bond donors (Lipinski definition) is 1. The van der Waals surface area contributed by atoms with Crippen molar-refractivity contribution in [3.63, 3.8) is 0 Å². The van der Waals surface area contributed by atoms with E-state index >= 15 is 0 Å². The molecule has 0 spiro atoms. The van der Waals surface area contributed by atoms with E-state index in [4.69, 9.17) is 24.7 Å². The Bertz CT molecular complexity index is 1640. The minimum atomic E-state index is -0.292. The highest BCUT2D eigenvalue weighted by Gasteiger charge is 2.26. The minimum Gasteiger partial charge on any atom is -0.473 e. The second-order valence-corrected chi connectivity index (χ2v) is 12.1. The Kier molecular flexibility index (Phi) is 8.94. The van der Waals surface area contributed by atoms with Crippen LogP contribution in [-0.2, 0) is 13.6 Å². The first-order valence-corrected chi connectivity index (χ1v) is 17.4. The van der Waals surface area contributed by atoms with Crippen molar-refractivity contribution < 1.29 is 14.6 Å². The van der Waals surface area contributed by atoms with E-state index in [-0.39, 0.29) is 25.4 Å². The Morgan fingerprint density at radius 3 is 2.83 bits per heavy atom. The molecule has 4 aromatic heterocycles. The summed E-state index contributed by atoms with van der Waals surface area (Å²) in [4.78, 5) is 7.07. The molecule has 2 bridgehead atoms. The van der Waals surface area contributed by atoms with Crippen LogP contribution in [0.3, 0.4) is 0 Å². The molecule has 5 rings (SSSR count). The van der Waals surface area contributed by atoms with E-state index in [0.29, 0.717) is 31.2 Å². The number of aliphatic hydroxyl groups is 1. The van der Waals surface area contributed by atoms with E-state index in [2.05, 4.69) is 39.0 Å². The first kappa shape index (κ1) is 29.4. The zero-order valence-electron chi connectivity index (χ0n) is 23.7. The molecular weight excluding hydrogens is 656 g/mol. The van der Waals surface area contributed by atoms with Crippen LogP contribution in [0.1, 0.15) is 49.5 Å². The number of aliphatic hydroxyl groups excluding tert-OH is 1. The number of pyridine rings is 1. The van der Waals surface area contributed by atoms with Gasteiger partial charge in [0.2, 0.25) is 11.8 Å². The molecule has 0 amide bonds. The Morgan fingerprint density at radius 1 is 1.32 bits per heavy atom. The standard InChI is InChI=1S/C27H33IN9O3P/c1-6-35-13-17(3)40-27-25(18(4)31-34(27)5)22-11-20-21(32-37(41-28)23(20)12-30-22)8-7-19-24(14-35)36(16(2)15-38)33-26(19)39-10-9-29/h7-8,11-12,16-17,38,41H,6,10,13-15H2,1-5H3/b8-7+/t16?,17-/m1/s1. The van der Waals surface area contributed by atoms with Crippen molar-refractivity contribution in [3.8, 4) is 29.1 Å². The fraction of sp³-hybridized carbons (Fsp3) is 0.444. The summed E-state index contributed by atoms with van der Waals surface area (Å²) >= 11 is 2.31. The minimum absolute atomic E-state index is 0.0921. The third-order valence-corrected chi connectivity index (χ3v) is 9.00. The summed E-state index contributed by atoms with van der Waals surface area (Å²) in [6.07, 6.45) is 5.98. The molecule has 0 fully saturated rings. The van der Waals surface area contributed by atoms with Gasteiger partial charge in [0.05, 0.1) is 64.6 Å². The molecule has 216 valence electrons. The van der Waals surface area contributed by atoms with Gasteiger partial charge in [-0.2, -0.15) is 15.5 Å². The van der Waals surface area contributed by atoms with Crippen molar-refractivity contribution >= 4 is 51.5 Å². The van der Waals surface area contributed by atoms with Gasteiger partial charge in [-0.3, -0.25) is 14.6 Å². The van der Waals surface area contributed by atoms with Crippen molar-refractivity contribution in [2.24, 2.45) is 7.05 Å². The summed E-state index contributed by atoms with van der Waals surface area (Å²) in [5, 5.41) is 34.5. The molecule has 0 radical (unpaired) electrons. The number of likely N-dealkylation sites (N-methyl/N-ethyl adjacent to an activating group) is 1. The molecule has 0 aliphatic carbocycles. The van der Waals surface area contributed by atoms with Crippen molar-refractivity contribution in [1.29, 1.82) is 5.26 Å². The highest BCUT2D eigenvalue weighted by molar-refractivity contribution is 14.2. The average molecular weight is 689 g/mol. The molecule has 1 N–H and O–H groups in total. The summed E-state index contributed by atoms with van der Waals surface area (Å²) in [6, 6.07) is 3.79. The summed E-state index contributed by atoms with van der Waals surface area (Å²) in [7, 11) is 1.89. The van der Waals surface area contributed by atoms with Crippen LogP contribution < -0.4 is 9.47 Å². The zero-order chi connectivity index (χ0) is 29.3. The number of nitrogens with zero attached hydrogens (tertiary/aromatic N) is 9. The van der Waals surface area contributed by atoms with Crippen LogP contribution in [0.5, 0.6) is 11.8 Å². The van der Waals surface area contributed by atoms with E-state index in [1.807, 2.05) is 62.8 Å². The van der Waals surface area contributed by atoms with Crippen LogP contribution in [0.2, 0.25) is 0 Å². The number of aromatic nitrogens is 7. The monoisotopic (exact) mass is 689 g/mol. The first-order valence-electron chi connectivity index (χ1n) is 13.4. The fourth-order valence-corrected chi connectivity index (χ4v) is 6.65. The number of halogens is 1. The summed E-state index contributed by atoms with van der Waals surface area (Å²) < 4.78 is 17.9. The quantitative estimate of drug-likeness (QED) is 0.232. The Morgan fingerprint density at radius 2 is 2.12 bits per heavy atom. The van der Waals surface area contributed by atoms with Crippen LogP contribution in [0.4, 0.5) is 0 Å². The molecular formula is C27H33IN9O3P. The second-order valence-electron chi connectivity index (χ2n) is 10.0. The van der Waals surface area contributed by atoms with Crippen LogP contribution in [0.15, 0.2) is 12.3 Å². The number of hydrogen-bond acceptors (Lipinski definition) is 9. The van der Waals surface area contributed by atoms with E-state index in [9.17, 15) is 10.4 Å². The molecule has 3 atom stereocenters. The smallest absolute Gasteiger partial charge is 0.241 e. The van der Waals surface area contributed by atoms with Gasteiger partial charge in [-0.05, 0) is 67.6 Å². The number of ether oxygens (including phenoxy) is 2. The van der Waals surface area contributed by atoms with Crippen molar-refractivity contribution in [1.82, 2.24) is 39.0 Å². The predicted octanol–water partition coefficient (Wildman–Crippen LogP) is 4.36. The number of nitriles is 1. The van der Waals surface area contributed by atoms with Gasteiger partial charge in [0.25, 0.3) is 0 Å². The summed E-state index contributed by atoms with van der Waals surface area (Å²) in [5.41, 5.74) is 5.78. The van der Waals surface area contributed by atoms with Gasteiger partial charge in [-0.1, -0.05) is 6.92 Å². The van der Waals surface area contributed by atoms with Crippen molar-refractivity contribution in [2.75, 3.05) is 26.3 Å². The lowest BCUT2D eigenvalue weighted by Gasteiger charge is -2.26. The summed E-state index contributed by atoms with van der Waals surface area (Å²) in [5.74, 6) is 1.01. The largest absolute Gasteiger partial charge is 0.473 e. The molecule has 1 aliphatic rings. The topological polar surface area (TPSA) is 132 Å². The number of aryl methyl sites for hydroxylation is 2. The van der Waals surface area contributed by atoms with E-state index in [1.54, 1.807) is 9.36 Å². The van der Waals surface area contributed by atoms with Gasteiger partial charge >= 0.3 is 0 Å².